The van der Waals surface area contributed by atoms with Gasteiger partial charge in [0.2, 0.25) is 0 Å². The molecular formula is C21H17F9O9. The second kappa shape index (κ2) is 8.55. The van der Waals surface area contributed by atoms with Crippen molar-refractivity contribution in [3.8, 4) is 0 Å². The lowest BCUT2D eigenvalue weighted by Crippen LogP contribution is -2.71. The first kappa shape index (κ1) is 29.1. The summed E-state index contributed by atoms with van der Waals surface area (Å²) in [4.78, 5) is 48.2. The van der Waals surface area contributed by atoms with Crippen LogP contribution in [0.3, 0.4) is 0 Å². The molecular weight excluding hydrogens is 567 g/mol. The number of fused-ring (bicyclic) bond motifs is 2. The zero-order valence-electron chi connectivity index (χ0n) is 19.6. The van der Waals surface area contributed by atoms with Crippen LogP contribution in [0.25, 0.3) is 0 Å². The number of ketones is 1. The Kier molecular flexibility index (Phi) is 6.38. The van der Waals surface area contributed by atoms with Gasteiger partial charge < -0.3 is 23.7 Å². The lowest BCUT2D eigenvalue weighted by molar-refractivity contribution is -0.266. The van der Waals surface area contributed by atoms with Crippen LogP contribution in [0.2, 0.25) is 0 Å². The third kappa shape index (κ3) is 4.25. The maximum absolute atomic E-state index is 13.2. The van der Waals surface area contributed by atoms with Crippen LogP contribution < -0.4 is 0 Å². The van der Waals surface area contributed by atoms with E-state index in [1.54, 1.807) is 0 Å². The van der Waals surface area contributed by atoms with Crippen molar-refractivity contribution in [2.45, 2.75) is 68.8 Å². The van der Waals surface area contributed by atoms with Crippen molar-refractivity contribution in [3.63, 3.8) is 0 Å². The van der Waals surface area contributed by atoms with Crippen molar-refractivity contribution in [1.82, 2.24) is 0 Å². The summed E-state index contributed by atoms with van der Waals surface area (Å²) in [6.07, 6.45) is -24.4. The average Bonchev–Trinajstić information content (AvgIpc) is 3.55. The quantitative estimate of drug-likeness (QED) is 0.213. The minimum absolute atomic E-state index is 0.378. The van der Waals surface area contributed by atoms with Crippen molar-refractivity contribution in [1.29, 1.82) is 0 Å². The molecule has 0 aromatic carbocycles. The van der Waals surface area contributed by atoms with Gasteiger partial charge in [0, 0.05) is 5.41 Å². The van der Waals surface area contributed by atoms with E-state index >= 15 is 0 Å². The Morgan fingerprint density at radius 3 is 1.95 bits per heavy atom. The smallest absolute Gasteiger partial charge is 0.458 e. The van der Waals surface area contributed by atoms with E-state index in [0.29, 0.717) is 0 Å². The monoisotopic (exact) mass is 584 g/mol. The molecule has 39 heavy (non-hydrogen) atoms. The summed E-state index contributed by atoms with van der Waals surface area (Å²) in [5.41, 5.74) is -6.82. The van der Waals surface area contributed by atoms with Crippen LogP contribution in [0.15, 0.2) is 11.6 Å². The molecule has 2 saturated heterocycles. The second-order valence-electron chi connectivity index (χ2n) is 9.74. The van der Waals surface area contributed by atoms with Gasteiger partial charge in [0.1, 0.15) is 24.4 Å². The van der Waals surface area contributed by atoms with Gasteiger partial charge >= 0.3 is 36.4 Å². The molecule has 7 unspecified atom stereocenters. The molecule has 2 aliphatic carbocycles. The minimum Gasteiger partial charge on any atom is -0.458 e. The Morgan fingerprint density at radius 2 is 1.46 bits per heavy atom. The van der Waals surface area contributed by atoms with E-state index in [-0.39, 0.29) is 5.57 Å². The number of carbonyl (C=O) groups excluding carboxylic acids is 4. The molecule has 7 atom stereocenters. The molecule has 0 aromatic rings. The van der Waals surface area contributed by atoms with E-state index in [0.717, 1.165) is 19.9 Å². The summed E-state index contributed by atoms with van der Waals surface area (Å²) in [7, 11) is 0. The molecule has 2 aliphatic heterocycles. The summed E-state index contributed by atoms with van der Waals surface area (Å²) in [6, 6.07) is 0. The van der Waals surface area contributed by atoms with Gasteiger partial charge in [-0.3, -0.25) is 4.79 Å². The molecule has 218 valence electrons. The third-order valence-corrected chi connectivity index (χ3v) is 7.74. The summed E-state index contributed by atoms with van der Waals surface area (Å²) in [5.74, 6) is -9.76. The molecule has 2 bridgehead atoms. The Labute approximate surface area is 211 Å². The van der Waals surface area contributed by atoms with E-state index in [9.17, 15) is 58.7 Å². The van der Waals surface area contributed by atoms with Crippen LogP contribution in [0.5, 0.6) is 0 Å². The number of carbonyl (C=O) groups is 4. The van der Waals surface area contributed by atoms with Gasteiger partial charge in [-0.25, -0.2) is 14.4 Å². The minimum atomic E-state index is -5.69. The standard InChI is InChI=1S/C21H17F9O9/c1-7-3-9-17(5-35-13(32)19(22,23)24,12(10(7)31)39-15(34)21(28,29)30)16(2)4-8(37-14(33)20(25,26)27)11(38-9)18(16)6-36-18/h3,8-9,11-12H,4-6H2,1-2H3. The van der Waals surface area contributed by atoms with Crippen LogP contribution >= 0.6 is 0 Å². The topological polar surface area (TPSA) is 118 Å². The SMILES string of the molecule is CC1=CC2OC3C(OC(=O)C(F)(F)F)CC(C)(C34CO4)C2(COC(=O)C(F)(F)F)C(OC(=O)C(F)(F)F)C1=O. The van der Waals surface area contributed by atoms with Gasteiger partial charge in [-0.1, -0.05) is 6.92 Å². The number of hydrogen-bond acceptors (Lipinski definition) is 9. The first-order chi connectivity index (χ1) is 17.6. The Hall–Kier alpha value is -2.89. The molecule has 0 N–H and O–H groups in total. The normalized spacial score (nSPS) is 37.6. The number of Topliss-reactive ketones (excluding diaryl/α,β-unsaturated/α-hetero) is 1. The second-order valence-corrected chi connectivity index (χ2v) is 9.74. The van der Waals surface area contributed by atoms with Crippen LogP contribution in [-0.4, -0.2) is 85.5 Å². The van der Waals surface area contributed by atoms with Gasteiger partial charge in [0.15, 0.2) is 11.9 Å². The highest BCUT2D eigenvalue weighted by Gasteiger charge is 2.85. The van der Waals surface area contributed by atoms with Crippen LogP contribution in [0.4, 0.5) is 39.5 Å². The molecule has 3 fully saturated rings. The maximum atomic E-state index is 13.2. The zero-order valence-corrected chi connectivity index (χ0v) is 19.6. The molecule has 1 saturated carbocycles. The molecule has 4 aliphatic rings. The number of halogens is 9. The molecule has 2 heterocycles. The van der Waals surface area contributed by atoms with Crippen LogP contribution in [-0.2, 0) is 42.9 Å². The average molecular weight is 584 g/mol. The van der Waals surface area contributed by atoms with E-state index in [1.807, 2.05) is 0 Å². The summed E-state index contributed by atoms with van der Waals surface area (Å²) >= 11 is 0. The number of esters is 3. The van der Waals surface area contributed by atoms with E-state index < -0.39 is 103 Å². The van der Waals surface area contributed by atoms with Crippen molar-refractivity contribution in [3.05, 3.63) is 11.6 Å². The first-order valence-electron chi connectivity index (χ1n) is 10.9. The predicted octanol–water partition coefficient (Wildman–Crippen LogP) is 2.50. The summed E-state index contributed by atoms with van der Waals surface area (Å²) < 4.78 is 142. The lowest BCUT2D eigenvalue weighted by atomic mass is 9.50. The molecule has 9 nitrogen and oxygen atoms in total. The predicted molar refractivity (Wildman–Crippen MR) is 100 cm³/mol. The summed E-state index contributed by atoms with van der Waals surface area (Å²) in [5, 5.41) is 0. The van der Waals surface area contributed by atoms with Gasteiger partial charge in [0.05, 0.1) is 18.1 Å². The number of alkyl halides is 9. The third-order valence-electron chi connectivity index (χ3n) is 7.74. The van der Waals surface area contributed by atoms with Crippen molar-refractivity contribution in [2.75, 3.05) is 13.2 Å². The fourth-order valence-corrected chi connectivity index (χ4v) is 5.83. The van der Waals surface area contributed by atoms with Crippen LogP contribution in [0.1, 0.15) is 20.3 Å². The Balaban J connectivity index is 1.87. The highest BCUT2D eigenvalue weighted by atomic mass is 19.4. The fourth-order valence-electron chi connectivity index (χ4n) is 5.83. The van der Waals surface area contributed by atoms with Gasteiger partial charge in [-0.15, -0.1) is 0 Å². The van der Waals surface area contributed by atoms with Crippen LogP contribution in [0, 0.1) is 10.8 Å². The molecule has 18 heteroatoms. The number of epoxide rings is 1. The number of rotatable bonds is 4. The van der Waals surface area contributed by atoms with Crippen molar-refractivity contribution < 1.29 is 82.4 Å². The Bertz CT molecular complexity index is 1140. The molecule has 0 radical (unpaired) electrons. The number of ether oxygens (including phenoxy) is 5. The van der Waals surface area contributed by atoms with E-state index in [4.69, 9.17) is 9.47 Å². The summed E-state index contributed by atoms with van der Waals surface area (Å²) in [6.45, 7) is 0.207. The Morgan fingerprint density at radius 1 is 0.949 bits per heavy atom. The molecule has 0 amide bonds. The highest BCUT2D eigenvalue weighted by Crippen LogP contribution is 2.72. The first-order valence-corrected chi connectivity index (χ1v) is 10.9. The van der Waals surface area contributed by atoms with Gasteiger partial charge in [0.25, 0.3) is 0 Å². The van der Waals surface area contributed by atoms with E-state index in [2.05, 4.69) is 14.2 Å². The molecule has 1 spiro atoms. The van der Waals surface area contributed by atoms with Gasteiger partial charge in [-0.05, 0) is 25.0 Å². The highest BCUT2D eigenvalue weighted by molar-refractivity contribution is 6.01. The van der Waals surface area contributed by atoms with Gasteiger partial charge in [-0.2, -0.15) is 39.5 Å². The van der Waals surface area contributed by atoms with Crippen molar-refractivity contribution in [2.24, 2.45) is 10.8 Å². The lowest BCUT2D eigenvalue weighted by Gasteiger charge is -2.58. The maximum Gasteiger partial charge on any atom is 0.490 e. The van der Waals surface area contributed by atoms with Crippen molar-refractivity contribution >= 4 is 23.7 Å². The molecule has 4 rings (SSSR count). The largest absolute Gasteiger partial charge is 0.490 e. The molecule has 0 aromatic heterocycles. The van der Waals surface area contributed by atoms with E-state index in [1.165, 1.54) is 0 Å². The fraction of sp³-hybridized carbons (Fsp3) is 0.714. The zero-order chi connectivity index (χ0) is 29.6. The number of hydrogen-bond donors (Lipinski definition) is 0.